The van der Waals surface area contributed by atoms with Gasteiger partial charge in [-0.15, -0.1) is 0 Å². The van der Waals surface area contributed by atoms with Crippen molar-refractivity contribution in [1.29, 1.82) is 0 Å². The smallest absolute Gasteiger partial charge is 0.226 e. The monoisotopic (exact) mass is 229 g/mol. The average molecular weight is 229 g/mol. The number of carbonyl (C=O) groups excluding carboxylic acids is 2. The van der Waals surface area contributed by atoms with Crippen LogP contribution in [0, 0.1) is 0 Å². The van der Waals surface area contributed by atoms with Crippen molar-refractivity contribution < 1.29 is 9.59 Å². The van der Waals surface area contributed by atoms with E-state index in [9.17, 15) is 9.59 Å². The molecular formula is C11H23NO2Si. The van der Waals surface area contributed by atoms with Crippen molar-refractivity contribution in [3.05, 3.63) is 0 Å². The molecule has 0 radical (unpaired) electrons. The minimum Gasteiger partial charge on any atom is -0.286 e. The van der Waals surface area contributed by atoms with Gasteiger partial charge in [0, 0.05) is 20.0 Å². The van der Waals surface area contributed by atoms with Crippen LogP contribution in [0.3, 0.4) is 0 Å². The lowest BCUT2D eigenvalue weighted by atomic mass is 10.5. The normalized spacial score (nSPS) is 11.3. The van der Waals surface area contributed by atoms with E-state index in [0.717, 1.165) is 18.1 Å². The minimum atomic E-state index is -1.43. The summed E-state index contributed by atoms with van der Waals surface area (Å²) in [6.07, 6.45) is 0. The molecule has 0 bridgehead atoms. The molecule has 88 valence electrons. The van der Waals surface area contributed by atoms with Gasteiger partial charge in [0.1, 0.15) is 0 Å². The molecular weight excluding hydrogens is 206 g/mol. The summed E-state index contributed by atoms with van der Waals surface area (Å²) in [6, 6.07) is 3.99. The van der Waals surface area contributed by atoms with E-state index in [2.05, 4.69) is 20.8 Å². The number of hydrogen-bond acceptors (Lipinski definition) is 2. The summed E-state index contributed by atoms with van der Waals surface area (Å²) in [5, 5.41) is 0. The zero-order chi connectivity index (χ0) is 12.1. The number of carbonyl (C=O) groups is 2. The molecule has 0 aromatic rings. The van der Waals surface area contributed by atoms with Gasteiger partial charge in [0.25, 0.3) is 0 Å². The molecule has 0 spiro atoms. The maximum atomic E-state index is 11.8. The average Bonchev–Trinajstić information content (AvgIpc) is 2.24. The summed E-state index contributed by atoms with van der Waals surface area (Å²) in [6.45, 7) is 7.94. The summed E-state index contributed by atoms with van der Waals surface area (Å²) >= 11 is 0. The first-order chi connectivity index (χ1) is 6.92. The number of hydrogen-bond donors (Lipinski definition) is 0. The molecule has 0 saturated heterocycles. The van der Waals surface area contributed by atoms with Crippen LogP contribution in [0.2, 0.25) is 24.2 Å². The van der Waals surface area contributed by atoms with Gasteiger partial charge in [0.05, 0.1) is 8.07 Å². The van der Waals surface area contributed by atoms with Crippen LogP contribution in [0.1, 0.15) is 27.7 Å². The van der Waals surface area contributed by atoms with Crippen molar-refractivity contribution in [3.8, 4) is 0 Å². The van der Waals surface area contributed by atoms with E-state index in [1.54, 1.807) is 7.05 Å². The molecule has 0 rings (SSSR count). The molecule has 0 atom stereocenters. The predicted octanol–water partition coefficient (Wildman–Crippen LogP) is 2.50. The van der Waals surface area contributed by atoms with Gasteiger partial charge in [0.2, 0.25) is 11.8 Å². The maximum Gasteiger partial charge on any atom is 0.226 e. The van der Waals surface area contributed by atoms with Crippen molar-refractivity contribution in [3.63, 3.8) is 0 Å². The van der Waals surface area contributed by atoms with E-state index in [1.165, 1.54) is 11.8 Å². The number of nitrogens with zero attached hydrogens (tertiary/aromatic N) is 1. The first-order valence-corrected chi connectivity index (χ1v) is 8.52. The van der Waals surface area contributed by atoms with Gasteiger partial charge in [0.15, 0.2) is 0 Å². The molecule has 0 heterocycles. The molecule has 0 aromatic heterocycles. The molecule has 0 aromatic carbocycles. The van der Waals surface area contributed by atoms with E-state index >= 15 is 0 Å². The molecule has 3 nitrogen and oxygen atoms in total. The Morgan fingerprint density at radius 2 is 1.47 bits per heavy atom. The van der Waals surface area contributed by atoms with E-state index in [1.807, 2.05) is 0 Å². The second-order valence-electron chi connectivity index (χ2n) is 4.21. The lowest BCUT2D eigenvalue weighted by Crippen LogP contribution is -2.40. The molecule has 15 heavy (non-hydrogen) atoms. The van der Waals surface area contributed by atoms with Crippen LogP contribution in [0.4, 0.5) is 0 Å². The molecule has 0 fully saturated rings. The highest BCUT2D eigenvalue weighted by Crippen LogP contribution is 2.25. The van der Waals surface area contributed by atoms with Gasteiger partial charge in [-0.2, -0.15) is 0 Å². The summed E-state index contributed by atoms with van der Waals surface area (Å²) in [7, 11) is 0.142. The molecule has 0 aliphatic rings. The van der Waals surface area contributed by atoms with Crippen molar-refractivity contribution >= 4 is 19.9 Å². The molecule has 2 amide bonds. The van der Waals surface area contributed by atoms with Crippen LogP contribution in [0.5, 0.6) is 0 Å². The Morgan fingerprint density at radius 3 is 1.73 bits per heavy atom. The predicted molar refractivity (Wildman–Crippen MR) is 65.5 cm³/mol. The molecule has 0 unspecified atom stereocenters. The molecule has 0 N–H and O–H groups in total. The van der Waals surface area contributed by atoms with Crippen LogP contribution < -0.4 is 0 Å². The van der Waals surface area contributed by atoms with Crippen molar-refractivity contribution in [2.24, 2.45) is 0 Å². The van der Waals surface area contributed by atoms with Gasteiger partial charge in [-0.1, -0.05) is 38.9 Å². The van der Waals surface area contributed by atoms with Gasteiger partial charge in [-0.3, -0.25) is 14.5 Å². The van der Waals surface area contributed by atoms with Crippen molar-refractivity contribution in [2.45, 2.75) is 51.9 Å². The van der Waals surface area contributed by atoms with Gasteiger partial charge in [-0.05, 0) is 0 Å². The highest BCUT2D eigenvalue weighted by Gasteiger charge is 2.31. The summed E-state index contributed by atoms with van der Waals surface area (Å²) < 4.78 is 0. The Morgan fingerprint density at radius 1 is 1.07 bits per heavy atom. The first kappa shape index (κ1) is 14.4. The molecule has 0 aliphatic carbocycles. The summed E-state index contributed by atoms with van der Waals surface area (Å²) in [4.78, 5) is 24.1. The first-order valence-electron chi connectivity index (χ1n) is 5.69. The molecule has 0 saturated carbocycles. The third-order valence-corrected chi connectivity index (χ3v) is 9.18. The van der Waals surface area contributed by atoms with Crippen LogP contribution in [0.25, 0.3) is 0 Å². The number of imide groups is 1. The minimum absolute atomic E-state index is 0.000262. The Kier molecular flexibility index (Phi) is 5.79. The standard InChI is InChI=1S/C11H23NO2Si/c1-6-15(7-2,8-3)9-11(14)12(5)10(4)13/h6-9H2,1-5H3. The van der Waals surface area contributed by atoms with Crippen LogP contribution in [0.15, 0.2) is 0 Å². The fourth-order valence-electron chi connectivity index (χ4n) is 1.74. The van der Waals surface area contributed by atoms with Crippen molar-refractivity contribution in [1.82, 2.24) is 4.90 Å². The van der Waals surface area contributed by atoms with E-state index < -0.39 is 8.07 Å². The molecule has 4 heteroatoms. The zero-order valence-electron chi connectivity index (χ0n) is 10.6. The maximum absolute atomic E-state index is 11.8. The van der Waals surface area contributed by atoms with E-state index in [4.69, 9.17) is 0 Å². The Labute approximate surface area is 93.9 Å². The summed E-state index contributed by atoms with van der Waals surface area (Å²) in [5.74, 6) is -0.161. The lowest BCUT2D eigenvalue weighted by Gasteiger charge is -2.28. The third-order valence-electron chi connectivity index (χ3n) is 3.62. The fraction of sp³-hybridized carbons (Fsp3) is 0.818. The zero-order valence-corrected chi connectivity index (χ0v) is 11.6. The van der Waals surface area contributed by atoms with Gasteiger partial charge in [-0.25, -0.2) is 0 Å². The SMILES string of the molecule is CC[Si](CC)(CC)CC(=O)N(C)C(C)=O. The second kappa shape index (κ2) is 6.05. The van der Waals surface area contributed by atoms with Gasteiger partial charge < -0.3 is 0 Å². The van der Waals surface area contributed by atoms with Crippen LogP contribution >= 0.6 is 0 Å². The van der Waals surface area contributed by atoms with E-state index in [0.29, 0.717) is 6.04 Å². The van der Waals surface area contributed by atoms with Crippen LogP contribution in [-0.4, -0.2) is 31.8 Å². The highest BCUT2D eigenvalue weighted by atomic mass is 28.3. The topological polar surface area (TPSA) is 37.4 Å². The van der Waals surface area contributed by atoms with Crippen molar-refractivity contribution in [2.75, 3.05) is 7.05 Å². The highest BCUT2D eigenvalue weighted by molar-refractivity contribution is 6.82. The largest absolute Gasteiger partial charge is 0.286 e. The fourth-order valence-corrected chi connectivity index (χ4v) is 4.87. The Balaban J connectivity index is 4.55. The third kappa shape index (κ3) is 3.78. The summed E-state index contributed by atoms with van der Waals surface area (Å²) in [5.41, 5.74) is 0. The number of amides is 2. The van der Waals surface area contributed by atoms with Gasteiger partial charge >= 0.3 is 0 Å². The number of rotatable bonds is 5. The van der Waals surface area contributed by atoms with E-state index in [-0.39, 0.29) is 11.8 Å². The van der Waals surface area contributed by atoms with Crippen LogP contribution in [-0.2, 0) is 9.59 Å². The Hall–Kier alpha value is -0.643. The Bertz CT molecular complexity index is 228. The molecule has 0 aliphatic heterocycles. The quantitative estimate of drug-likeness (QED) is 0.679. The lowest BCUT2D eigenvalue weighted by molar-refractivity contribution is -0.140. The second-order valence-corrected chi connectivity index (χ2v) is 9.68.